The molecule has 0 amide bonds. The van der Waals surface area contributed by atoms with Crippen LogP contribution in [0.3, 0.4) is 0 Å². The van der Waals surface area contributed by atoms with Crippen LogP contribution in [0.25, 0.3) is 23.3 Å². The zero-order valence-corrected chi connectivity index (χ0v) is 23.5. The summed E-state index contributed by atoms with van der Waals surface area (Å²) in [6, 6.07) is 17.6. The quantitative estimate of drug-likeness (QED) is 0.363. The molecule has 2 aromatic rings. The van der Waals surface area contributed by atoms with E-state index in [9.17, 15) is 0 Å². The average molecular weight is 516 g/mol. The topological polar surface area (TPSA) is 0 Å². The van der Waals surface area contributed by atoms with Crippen LogP contribution >= 0.6 is 0 Å². The summed E-state index contributed by atoms with van der Waals surface area (Å²) >= 11 is 1.36. The van der Waals surface area contributed by atoms with Crippen molar-refractivity contribution in [2.24, 2.45) is 23.7 Å². The number of benzene rings is 2. The van der Waals surface area contributed by atoms with E-state index >= 15 is 0 Å². The molecule has 2 radical (unpaired) electrons. The Balaban J connectivity index is 0.000000199. The van der Waals surface area contributed by atoms with Crippen LogP contribution in [0.5, 0.6) is 0 Å². The molecule has 0 nitrogen and oxygen atoms in total. The van der Waals surface area contributed by atoms with E-state index in [1.165, 1.54) is 69.9 Å². The summed E-state index contributed by atoms with van der Waals surface area (Å²) < 4.78 is 0. The van der Waals surface area contributed by atoms with Gasteiger partial charge >= 0.3 is 30.2 Å². The Labute approximate surface area is 212 Å². The van der Waals surface area contributed by atoms with E-state index in [-0.39, 0.29) is 14.9 Å². The third kappa shape index (κ3) is 5.63. The van der Waals surface area contributed by atoms with Crippen LogP contribution in [0.15, 0.2) is 48.5 Å². The van der Waals surface area contributed by atoms with Crippen LogP contribution in [-0.4, -0.2) is 6.88 Å². The first kappa shape index (κ1) is 27.0. The molecule has 32 heavy (non-hydrogen) atoms. The summed E-state index contributed by atoms with van der Waals surface area (Å²) in [5.41, 5.74) is 3.21. The first-order valence-electron chi connectivity index (χ1n) is 11.2. The van der Waals surface area contributed by atoms with Crippen LogP contribution in [0.2, 0.25) is 0 Å². The molecular formula is C30H36SiZr-4. The van der Waals surface area contributed by atoms with Crippen molar-refractivity contribution in [3.63, 3.8) is 0 Å². The van der Waals surface area contributed by atoms with Gasteiger partial charge in [-0.25, -0.2) is 24.0 Å². The molecule has 0 aliphatic heterocycles. The first-order chi connectivity index (χ1) is 14.7. The second-order valence-corrected chi connectivity index (χ2v) is 9.12. The Morgan fingerprint density at radius 3 is 1.47 bits per heavy atom. The van der Waals surface area contributed by atoms with Crippen molar-refractivity contribution >= 4 is 30.2 Å². The van der Waals surface area contributed by atoms with Crippen LogP contribution in [-0.2, 0) is 23.3 Å². The summed E-state index contributed by atoms with van der Waals surface area (Å²) in [4.78, 5) is 0. The molecule has 0 heterocycles. The maximum absolute atomic E-state index is 3.06. The van der Waals surface area contributed by atoms with Gasteiger partial charge in [-0.1, -0.05) is 87.1 Å². The molecule has 4 atom stereocenters. The molecule has 2 fully saturated rings. The van der Waals surface area contributed by atoms with Gasteiger partial charge in [0.25, 0.3) is 0 Å². The molecule has 0 saturated heterocycles. The number of hydrogen-bond donors (Lipinski definition) is 0. The van der Waals surface area contributed by atoms with Gasteiger partial charge < -0.3 is 14.9 Å². The van der Waals surface area contributed by atoms with Gasteiger partial charge in [0.15, 0.2) is 0 Å². The zero-order chi connectivity index (χ0) is 21.1. The van der Waals surface area contributed by atoms with Crippen LogP contribution in [0, 0.1) is 51.4 Å². The molecule has 2 heteroatoms. The normalized spacial score (nSPS) is 25.3. The average Bonchev–Trinajstić information content (AvgIpc) is 3.37. The SMILES string of the molecule is CC1[CH-]C2=c3ccccc3=CCC2C1.CC1[CH-]C2=c3ccccc3=CCC2C1.[CH3-].[CH3-].[Si]=[Zr]. The third-order valence-corrected chi connectivity index (χ3v) is 6.91. The Hall–Kier alpha value is -1.24. The van der Waals surface area contributed by atoms with Crippen LogP contribution in [0.4, 0.5) is 0 Å². The van der Waals surface area contributed by atoms with Crippen molar-refractivity contribution in [2.45, 2.75) is 39.5 Å². The monoisotopic (exact) mass is 514 g/mol. The molecule has 0 spiro atoms. The summed E-state index contributed by atoms with van der Waals surface area (Å²) in [6.07, 6.45) is 14.9. The molecule has 4 unspecified atom stereocenters. The minimum absolute atomic E-state index is 0. The Kier molecular flexibility index (Phi) is 10.4. The van der Waals surface area contributed by atoms with Gasteiger partial charge in [-0.3, -0.25) is 0 Å². The molecule has 4 aliphatic carbocycles. The van der Waals surface area contributed by atoms with Gasteiger partial charge in [-0.2, -0.15) is 10.4 Å². The van der Waals surface area contributed by atoms with Gasteiger partial charge in [0.1, 0.15) is 0 Å². The predicted molar refractivity (Wildman–Crippen MR) is 138 cm³/mol. The molecule has 6 rings (SSSR count). The summed E-state index contributed by atoms with van der Waals surface area (Å²) in [7, 11) is 0. The number of hydrogen-bond acceptors (Lipinski definition) is 0. The van der Waals surface area contributed by atoms with E-state index < -0.39 is 0 Å². The fourth-order valence-corrected chi connectivity index (χ4v) is 5.65. The van der Waals surface area contributed by atoms with Crippen molar-refractivity contribution < 1.29 is 23.3 Å². The molecule has 2 saturated carbocycles. The third-order valence-electron chi connectivity index (χ3n) is 6.91. The van der Waals surface area contributed by atoms with E-state index in [0.29, 0.717) is 0 Å². The summed E-state index contributed by atoms with van der Waals surface area (Å²) in [5.74, 6) is 3.16. The molecule has 168 valence electrons. The number of rotatable bonds is 0. The van der Waals surface area contributed by atoms with Gasteiger partial charge in [0, 0.05) is 0 Å². The van der Waals surface area contributed by atoms with E-state index in [4.69, 9.17) is 0 Å². The fraction of sp³-hybridized carbons (Fsp3) is 0.333. The Morgan fingerprint density at radius 1 is 0.688 bits per heavy atom. The molecule has 0 aromatic heterocycles. The minimum atomic E-state index is 0. The predicted octanol–water partition coefficient (Wildman–Crippen LogP) is 4.28. The summed E-state index contributed by atoms with van der Waals surface area (Å²) in [5, 5.41) is 5.83. The standard InChI is InChI=1S/2C14H15.2CH3.Si.Zr/c2*1-10-8-12-7-6-11-4-2-3-5-13(11)14(12)9-10;;;;/h2*2-6,9-10,12H,7-8H2,1H3;2*1H3;;/q4*-1;;. The van der Waals surface area contributed by atoms with Crippen molar-refractivity contribution in [3.8, 4) is 0 Å². The molecule has 0 N–H and O–H groups in total. The fourth-order valence-electron chi connectivity index (χ4n) is 5.65. The maximum atomic E-state index is 3.06. The molecule has 0 bridgehead atoms. The van der Waals surface area contributed by atoms with Crippen molar-refractivity contribution in [3.05, 3.63) is 97.1 Å². The van der Waals surface area contributed by atoms with Gasteiger partial charge in [0.2, 0.25) is 0 Å². The van der Waals surface area contributed by atoms with Gasteiger partial charge in [-0.15, -0.1) is 22.6 Å². The van der Waals surface area contributed by atoms with Gasteiger partial charge in [0.05, 0.1) is 0 Å². The van der Waals surface area contributed by atoms with Crippen molar-refractivity contribution in [1.29, 1.82) is 0 Å². The second-order valence-electron chi connectivity index (χ2n) is 9.12. The van der Waals surface area contributed by atoms with Crippen LogP contribution < -0.4 is 20.9 Å². The van der Waals surface area contributed by atoms with Crippen LogP contribution in [0.1, 0.15) is 39.5 Å². The van der Waals surface area contributed by atoms with Gasteiger partial charge in [-0.05, 0) is 24.7 Å². The molecular weight excluding hydrogens is 480 g/mol. The van der Waals surface area contributed by atoms with Crippen molar-refractivity contribution in [1.82, 2.24) is 0 Å². The van der Waals surface area contributed by atoms with E-state index in [1.807, 2.05) is 0 Å². The first-order valence-corrected chi connectivity index (χ1v) is 15.4. The second kappa shape index (κ2) is 12.3. The van der Waals surface area contributed by atoms with E-state index in [2.05, 4.69) is 94.3 Å². The van der Waals surface area contributed by atoms with Crippen molar-refractivity contribution in [2.75, 3.05) is 0 Å². The number of fused-ring (bicyclic) bond motifs is 4. The Bertz CT molecular complexity index is 1050. The Morgan fingerprint density at radius 2 is 1.06 bits per heavy atom. The molecule has 2 aromatic carbocycles. The zero-order valence-electron chi connectivity index (χ0n) is 20.1. The van der Waals surface area contributed by atoms with E-state index in [0.717, 1.165) is 23.7 Å². The molecule has 4 aliphatic rings. The van der Waals surface area contributed by atoms with E-state index in [1.54, 1.807) is 11.1 Å². The summed E-state index contributed by atoms with van der Waals surface area (Å²) in [6.45, 7) is 7.72.